The van der Waals surface area contributed by atoms with Crippen LogP contribution in [0, 0.1) is 17.0 Å². The number of ether oxygens (including phenoxy) is 1. The standard InChI is InChI=1S/C26H25N3O4/c1-16-7-9-18(10-8-16)15-33-20-13-11-19(12-14-20)23-17(2)28-26(24(23)29(31)32)21-5-3-4-6-22(21)27-25(26)30/h3-14,17,23-24,28H,15H2,1-2H3,(H,27,30)/t17-,23-,24-,26-/m0/s1. The Bertz CT molecular complexity index is 1210. The molecule has 7 nitrogen and oxygen atoms in total. The number of anilines is 1. The average Bonchev–Trinajstić information content (AvgIpc) is 3.27. The number of hydrogen-bond acceptors (Lipinski definition) is 5. The van der Waals surface area contributed by atoms with Crippen LogP contribution >= 0.6 is 0 Å². The summed E-state index contributed by atoms with van der Waals surface area (Å²) in [4.78, 5) is 25.1. The first kappa shape index (κ1) is 21.2. The molecule has 0 radical (unpaired) electrons. The summed E-state index contributed by atoms with van der Waals surface area (Å²) < 4.78 is 5.89. The second kappa shape index (κ2) is 8.01. The van der Waals surface area contributed by atoms with E-state index >= 15 is 0 Å². The van der Waals surface area contributed by atoms with Crippen LogP contribution in [0.1, 0.15) is 35.1 Å². The molecule has 168 valence electrons. The Hall–Kier alpha value is -3.71. The summed E-state index contributed by atoms with van der Waals surface area (Å²) in [7, 11) is 0. The van der Waals surface area contributed by atoms with Crippen LogP contribution in [0.25, 0.3) is 0 Å². The number of nitrogens with zero attached hydrogens (tertiary/aromatic N) is 1. The van der Waals surface area contributed by atoms with Gasteiger partial charge in [0.05, 0.1) is 5.92 Å². The van der Waals surface area contributed by atoms with Gasteiger partial charge >= 0.3 is 0 Å². The molecule has 2 heterocycles. The number of carbonyl (C=O) groups is 1. The van der Waals surface area contributed by atoms with Crippen molar-refractivity contribution in [3.63, 3.8) is 0 Å². The van der Waals surface area contributed by atoms with Gasteiger partial charge in [0, 0.05) is 22.2 Å². The summed E-state index contributed by atoms with van der Waals surface area (Å²) in [6.07, 6.45) is 0. The van der Waals surface area contributed by atoms with E-state index in [4.69, 9.17) is 4.74 Å². The van der Waals surface area contributed by atoms with E-state index in [1.807, 2.05) is 68.4 Å². The molecule has 0 aliphatic carbocycles. The van der Waals surface area contributed by atoms with Crippen LogP contribution in [0.4, 0.5) is 5.69 Å². The molecule has 4 atom stereocenters. The molecule has 2 aliphatic heterocycles. The Kier molecular flexibility index (Phi) is 5.13. The Morgan fingerprint density at radius 3 is 2.42 bits per heavy atom. The molecule has 7 heteroatoms. The molecule has 0 saturated carbocycles. The number of carbonyl (C=O) groups excluding carboxylic acids is 1. The van der Waals surface area contributed by atoms with Crippen molar-refractivity contribution in [2.75, 3.05) is 5.32 Å². The minimum atomic E-state index is -1.40. The molecule has 5 rings (SSSR count). The Morgan fingerprint density at radius 2 is 1.73 bits per heavy atom. The van der Waals surface area contributed by atoms with E-state index in [1.54, 1.807) is 18.2 Å². The van der Waals surface area contributed by atoms with Crippen molar-refractivity contribution >= 4 is 11.6 Å². The van der Waals surface area contributed by atoms with Gasteiger partial charge in [0.2, 0.25) is 0 Å². The molecule has 0 aromatic heterocycles. The van der Waals surface area contributed by atoms with E-state index in [2.05, 4.69) is 10.6 Å². The maximum absolute atomic E-state index is 13.1. The lowest BCUT2D eigenvalue weighted by Crippen LogP contribution is -2.54. The van der Waals surface area contributed by atoms with Crippen LogP contribution in [0.15, 0.2) is 72.8 Å². The van der Waals surface area contributed by atoms with Crippen molar-refractivity contribution < 1.29 is 14.5 Å². The van der Waals surface area contributed by atoms with Crippen LogP contribution in [0.3, 0.4) is 0 Å². The van der Waals surface area contributed by atoms with Gasteiger partial charge < -0.3 is 10.1 Å². The fraction of sp³-hybridized carbons (Fsp3) is 0.269. The van der Waals surface area contributed by atoms with Crippen LogP contribution in [-0.2, 0) is 16.9 Å². The molecule has 0 bridgehead atoms. The van der Waals surface area contributed by atoms with E-state index in [0.29, 0.717) is 23.6 Å². The summed E-state index contributed by atoms with van der Waals surface area (Å²) in [6, 6.07) is 21.3. The highest BCUT2D eigenvalue weighted by Crippen LogP contribution is 2.49. The second-order valence-electron chi connectivity index (χ2n) is 8.84. The normalized spacial score (nSPS) is 25.6. The number of nitrogens with one attached hydrogen (secondary N) is 2. The summed E-state index contributed by atoms with van der Waals surface area (Å²) in [6.45, 7) is 4.38. The molecular weight excluding hydrogens is 418 g/mol. The Morgan fingerprint density at radius 1 is 1.03 bits per heavy atom. The summed E-state index contributed by atoms with van der Waals surface area (Å²) >= 11 is 0. The van der Waals surface area contributed by atoms with Gasteiger partial charge in [0.25, 0.3) is 11.9 Å². The minimum absolute atomic E-state index is 0.281. The van der Waals surface area contributed by atoms with Gasteiger partial charge in [-0.2, -0.15) is 0 Å². The number of hydrogen-bond donors (Lipinski definition) is 2. The van der Waals surface area contributed by atoms with E-state index in [1.165, 1.54) is 5.56 Å². The highest BCUT2D eigenvalue weighted by Gasteiger charge is 2.67. The van der Waals surface area contributed by atoms with Crippen LogP contribution in [0.2, 0.25) is 0 Å². The lowest BCUT2D eigenvalue weighted by atomic mass is 9.78. The lowest BCUT2D eigenvalue weighted by molar-refractivity contribution is -0.532. The first-order valence-corrected chi connectivity index (χ1v) is 11.0. The Balaban J connectivity index is 1.42. The zero-order valence-electron chi connectivity index (χ0n) is 18.4. The van der Waals surface area contributed by atoms with Crippen LogP contribution < -0.4 is 15.4 Å². The van der Waals surface area contributed by atoms with Gasteiger partial charge in [-0.1, -0.05) is 60.2 Å². The molecule has 1 amide bonds. The third-order valence-electron chi connectivity index (χ3n) is 6.75. The SMILES string of the molecule is Cc1ccc(COc2ccc([C@@H]3[C@H](C)N[C@]4(C(=O)Nc5ccccc54)[C@H]3[N+](=O)[O-])cc2)cc1. The first-order chi connectivity index (χ1) is 15.9. The van der Waals surface area contributed by atoms with Crippen LogP contribution in [0.5, 0.6) is 5.75 Å². The largest absolute Gasteiger partial charge is 0.489 e. The van der Waals surface area contributed by atoms with Crippen molar-refractivity contribution in [1.29, 1.82) is 0 Å². The molecule has 1 saturated heterocycles. The zero-order chi connectivity index (χ0) is 23.2. The lowest BCUT2D eigenvalue weighted by Gasteiger charge is -2.25. The number of benzene rings is 3. The highest BCUT2D eigenvalue weighted by atomic mass is 16.6. The third kappa shape index (κ3) is 3.45. The molecule has 0 unspecified atom stereocenters. The number of rotatable bonds is 5. The highest BCUT2D eigenvalue weighted by molar-refractivity contribution is 6.07. The molecule has 3 aromatic rings. The van der Waals surface area contributed by atoms with Gasteiger partial charge in [-0.25, -0.2) is 0 Å². The number of nitro groups is 1. The van der Waals surface area contributed by atoms with Gasteiger partial charge in [0.1, 0.15) is 12.4 Å². The predicted octanol–water partition coefficient (Wildman–Crippen LogP) is 4.14. The molecular formula is C26H25N3O4. The molecule has 1 fully saturated rings. The summed E-state index contributed by atoms with van der Waals surface area (Å²) in [5.74, 6) is -0.171. The van der Waals surface area contributed by atoms with Crippen molar-refractivity contribution in [1.82, 2.24) is 5.32 Å². The van der Waals surface area contributed by atoms with E-state index < -0.39 is 17.5 Å². The maximum atomic E-state index is 13.1. The van der Waals surface area contributed by atoms with Gasteiger partial charge in [-0.3, -0.25) is 20.2 Å². The predicted molar refractivity (Wildman–Crippen MR) is 125 cm³/mol. The van der Waals surface area contributed by atoms with Gasteiger partial charge in [0.15, 0.2) is 5.54 Å². The van der Waals surface area contributed by atoms with Crippen molar-refractivity contribution in [2.24, 2.45) is 0 Å². The fourth-order valence-corrected chi connectivity index (χ4v) is 5.19. The van der Waals surface area contributed by atoms with Crippen molar-refractivity contribution in [3.05, 3.63) is 105 Å². The molecule has 33 heavy (non-hydrogen) atoms. The quantitative estimate of drug-likeness (QED) is 0.457. The first-order valence-electron chi connectivity index (χ1n) is 11.0. The van der Waals surface area contributed by atoms with E-state index in [9.17, 15) is 14.9 Å². The number of aryl methyl sites for hydroxylation is 1. The fourth-order valence-electron chi connectivity index (χ4n) is 5.19. The Labute approximate surface area is 191 Å². The molecule has 2 N–H and O–H groups in total. The smallest absolute Gasteiger partial charge is 0.256 e. The number of amides is 1. The van der Waals surface area contributed by atoms with E-state index in [-0.39, 0.29) is 16.9 Å². The summed E-state index contributed by atoms with van der Waals surface area (Å²) in [5.41, 5.74) is 2.91. The summed E-state index contributed by atoms with van der Waals surface area (Å²) in [5, 5.41) is 18.5. The molecule has 3 aromatic carbocycles. The molecule has 1 spiro atoms. The molecule has 2 aliphatic rings. The van der Waals surface area contributed by atoms with Gasteiger partial charge in [-0.15, -0.1) is 0 Å². The van der Waals surface area contributed by atoms with E-state index in [0.717, 1.165) is 11.1 Å². The second-order valence-corrected chi connectivity index (χ2v) is 8.84. The van der Waals surface area contributed by atoms with Crippen LogP contribution in [-0.4, -0.2) is 22.9 Å². The van der Waals surface area contributed by atoms with Gasteiger partial charge in [-0.05, 0) is 43.2 Å². The average molecular weight is 444 g/mol. The minimum Gasteiger partial charge on any atom is -0.489 e. The number of fused-ring (bicyclic) bond motifs is 2. The monoisotopic (exact) mass is 443 g/mol. The van der Waals surface area contributed by atoms with Crippen molar-refractivity contribution in [3.8, 4) is 5.75 Å². The topological polar surface area (TPSA) is 93.5 Å². The maximum Gasteiger partial charge on any atom is 0.256 e. The third-order valence-corrected chi connectivity index (χ3v) is 6.75. The zero-order valence-corrected chi connectivity index (χ0v) is 18.4. The van der Waals surface area contributed by atoms with Crippen molar-refractivity contribution in [2.45, 2.75) is 44.0 Å². The number of para-hydroxylation sites is 1.